The lowest BCUT2D eigenvalue weighted by atomic mass is 9.55. The van der Waals surface area contributed by atoms with Gasteiger partial charge < -0.3 is 5.11 Å². The number of aliphatic hydroxyl groups excluding tert-OH is 1. The lowest BCUT2D eigenvalue weighted by molar-refractivity contribution is 0.153. The highest BCUT2D eigenvalue weighted by molar-refractivity contribution is 6.37. The summed E-state index contributed by atoms with van der Waals surface area (Å²) in [7, 11) is 2.20. The van der Waals surface area contributed by atoms with E-state index >= 15 is 0 Å². The zero-order chi connectivity index (χ0) is 5.98. The van der Waals surface area contributed by atoms with Gasteiger partial charge in [0.25, 0.3) is 0 Å². The molecule has 0 spiro atoms. The monoisotopic (exact) mass is 111 g/mol. The molecule has 8 heavy (non-hydrogen) atoms. The molecular formula is C6H12BO. The van der Waals surface area contributed by atoms with Gasteiger partial charge in [0, 0.05) is 6.10 Å². The predicted octanol–water partition coefficient (Wildman–Crippen LogP) is 1.07. The summed E-state index contributed by atoms with van der Waals surface area (Å²) in [5.41, 5.74) is 0. The second-order valence-electron chi connectivity index (χ2n) is 2.59. The van der Waals surface area contributed by atoms with E-state index in [0.29, 0.717) is 5.82 Å². The summed E-state index contributed by atoms with van der Waals surface area (Å²) >= 11 is 0. The molecule has 2 atom stereocenters. The minimum Gasteiger partial charge on any atom is -0.394 e. The quantitative estimate of drug-likeness (QED) is 0.463. The van der Waals surface area contributed by atoms with Crippen LogP contribution in [0.5, 0.6) is 0 Å². The minimum absolute atomic E-state index is 0.0521. The van der Waals surface area contributed by atoms with E-state index in [1.807, 2.05) is 0 Å². The van der Waals surface area contributed by atoms with Gasteiger partial charge in [-0.15, -0.1) is 0 Å². The van der Waals surface area contributed by atoms with Gasteiger partial charge in [0.15, 0.2) is 0 Å². The van der Waals surface area contributed by atoms with E-state index < -0.39 is 0 Å². The fourth-order valence-electron chi connectivity index (χ4n) is 1.13. The highest BCUT2D eigenvalue weighted by Gasteiger charge is 2.18. The van der Waals surface area contributed by atoms with Gasteiger partial charge in [0.1, 0.15) is 7.28 Å². The number of rotatable bonds is 0. The van der Waals surface area contributed by atoms with Gasteiger partial charge in [0.2, 0.25) is 0 Å². The first-order valence-corrected chi connectivity index (χ1v) is 3.32. The van der Waals surface area contributed by atoms with Crippen molar-refractivity contribution in [2.45, 2.75) is 38.0 Å². The van der Waals surface area contributed by atoms with Gasteiger partial charge in [-0.25, -0.2) is 0 Å². The zero-order valence-corrected chi connectivity index (χ0v) is 5.30. The van der Waals surface area contributed by atoms with E-state index in [-0.39, 0.29) is 6.10 Å². The van der Waals surface area contributed by atoms with Crippen molar-refractivity contribution in [3.8, 4) is 0 Å². The maximum Gasteiger partial charge on any atom is 0.116 e. The van der Waals surface area contributed by atoms with Crippen LogP contribution in [0.3, 0.4) is 0 Å². The Bertz CT molecular complexity index is 64.9. The Labute approximate surface area is 51.3 Å². The molecule has 45 valence electrons. The fourth-order valence-corrected chi connectivity index (χ4v) is 1.13. The Morgan fingerprint density at radius 1 is 1.62 bits per heavy atom. The largest absolute Gasteiger partial charge is 0.394 e. The molecule has 2 heteroatoms. The Morgan fingerprint density at radius 2 is 2.38 bits per heavy atom. The molecule has 1 heterocycles. The lowest BCUT2D eigenvalue weighted by Gasteiger charge is -2.22. The van der Waals surface area contributed by atoms with Crippen LogP contribution in [-0.4, -0.2) is 18.5 Å². The normalized spacial score (nSPS) is 38.8. The van der Waals surface area contributed by atoms with Gasteiger partial charge in [-0.3, -0.25) is 0 Å². The maximum atomic E-state index is 9.15. The van der Waals surface area contributed by atoms with Crippen LogP contribution in [0.25, 0.3) is 0 Å². The molecule has 0 saturated carbocycles. The lowest BCUT2D eigenvalue weighted by Crippen LogP contribution is -2.22. The summed E-state index contributed by atoms with van der Waals surface area (Å²) in [6.07, 6.45) is 3.31. The minimum atomic E-state index is -0.0521. The summed E-state index contributed by atoms with van der Waals surface area (Å²) < 4.78 is 0. The summed E-state index contributed by atoms with van der Waals surface area (Å²) in [6, 6.07) is 0. The summed E-state index contributed by atoms with van der Waals surface area (Å²) in [4.78, 5) is 0. The first-order valence-electron chi connectivity index (χ1n) is 3.32. The van der Waals surface area contributed by atoms with Gasteiger partial charge in [-0.1, -0.05) is 19.7 Å². The highest BCUT2D eigenvalue weighted by atomic mass is 16.3. The smallest absolute Gasteiger partial charge is 0.116 e. The van der Waals surface area contributed by atoms with E-state index in [1.54, 1.807) is 0 Å². The molecule has 1 nitrogen and oxygen atoms in total. The van der Waals surface area contributed by atoms with Crippen LogP contribution in [0.4, 0.5) is 0 Å². The first kappa shape index (κ1) is 6.15. The molecule has 0 amide bonds. The Balaban J connectivity index is 2.28. The average Bonchev–Trinajstić information content (AvgIpc) is 1.77. The molecule has 0 aromatic carbocycles. The van der Waals surface area contributed by atoms with E-state index in [2.05, 4.69) is 14.2 Å². The van der Waals surface area contributed by atoms with Crippen molar-refractivity contribution < 1.29 is 5.11 Å². The third kappa shape index (κ3) is 1.25. The number of hydrogen-bond acceptors (Lipinski definition) is 1. The molecule has 1 radical (unpaired) electrons. The fraction of sp³-hybridized carbons (Fsp3) is 1.00. The Morgan fingerprint density at radius 3 is 2.75 bits per heavy atom. The van der Waals surface area contributed by atoms with E-state index in [4.69, 9.17) is 5.11 Å². The highest BCUT2D eigenvalue weighted by Crippen LogP contribution is 2.22. The van der Waals surface area contributed by atoms with Crippen LogP contribution in [0.1, 0.15) is 19.8 Å². The van der Waals surface area contributed by atoms with Gasteiger partial charge >= 0.3 is 0 Å². The molecule has 0 aromatic heterocycles. The molecule has 0 aromatic rings. The van der Waals surface area contributed by atoms with Crippen LogP contribution in [0.15, 0.2) is 0 Å². The third-order valence-electron chi connectivity index (χ3n) is 1.85. The van der Waals surface area contributed by atoms with Gasteiger partial charge in [0.05, 0.1) is 0 Å². The average molecular weight is 111 g/mol. The Kier molecular flexibility index (Phi) is 1.95. The van der Waals surface area contributed by atoms with E-state index in [9.17, 15) is 0 Å². The van der Waals surface area contributed by atoms with Crippen molar-refractivity contribution in [3.05, 3.63) is 0 Å². The number of aliphatic hydroxyl groups is 1. The van der Waals surface area contributed by atoms with Crippen LogP contribution in [-0.2, 0) is 0 Å². The third-order valence-corrected chi connectivity index (χ3v) is 1.85. The summed E-state index contributed by atoms with van der Waals surface area (Å²) in [5.74, 6) is 0.434. The molecule has 1 saturated heterocycles. The van der Waals surface area contributed by atoms with Crippen LogP contribution < -0.4 is 0 Å². The predicted molar refractivity (Wildman–Crippen MR) is 35.2 cm³/mol. The van der Waals surface area contributed by atoms with Crippen LogP contribution >= 0.6 is 0 Å². The van der Waals surface area contributed by atoms with Crippen molar-refractivity contribution in [2.75, 3.05) is 0 Å². The topological polar surface area (TPSA) is 20.2 Å². The van der Waals surface area contributed by atoms with Crippen molar-refractivity contribution >= 4 is 7.28 Å². The second-order valence-corrected chi connectivity index (χ2v) is 2.59. The van der Waals surface area contributed by atoms with E-state index in [0.717, 1.165) is 6.42 Å². The molecule has 2 unspecified atom stereocenters. The first-order chi connectivity index (χ1) is 3.80. The molecule has 0 aliphatic carbocycles. The van der Waals surface area contributed by atoms with Crippen LogP contribution in [0.2, 0.25) is 12.1 Å². The molecule has 1 aliphatic heterocycles. The summed E-state index contributed by atoms with van der Waals surface area (Å²) in [6.45, 7) is 2.07. The molecule has 1 aliphatic rings. The molecular weight excluding hydrogens is 98.9 g/mol. The second kappa shape index (κ2) is 2.54. The zero-order valence-electron chi connectivity index (χ0n) is 5.30. The number of hydrogen-bond donors (Lipinski definition) is 1. The van der Waals surface area contributed by atoms with Gasteiger partial charge in [-0.05, 0) is 12.2 Å². The molecule has 1 N–H and O–H groups in total. The van der Waals surface area contributed by atoms with Gasteiger partial charge in [-0.2, -0.15) is 0 Å². The molecule has 1 rings (SSSR count). The maximum absolute atomic E-state index is 9.15. The van der Waals surface area contributed by atoms with Crippen molar-refractivity contribution in [1.82, 2.24) is 0 Å². The summed E-state index contributed by atoms with van der Waals surface area (Å²) in [5, 5.41) is 9.15. The standard InChI is InChI=1S/C6H12BO/c1-5-6(8)3-2-4-7-5/h5-6,8H,2-4H2,1H3. The van der Waals surface area contributed by atoms with Crippen LogP contribution in [0, 0.1) is 0 Å². The van der Waals surface area contributed by atoms with Crippen molar-refractivity contribution in [2.24, 2.45) is 0 Å². The van der Waals surface area contributed by atoms with E-state index in [1.165, 1.54) is 12.7 Å². The SMILES string of the molecule is CC1[B]CCCC1O. The van der Waals surface area contributed by atoms with Crippen molar-refractivity contribution in [3.63, 3.8) is 0 Å². The Hall–Kier alpha value is 0.0249. The molecule has 1 fully saturated rings. The molecule has 0 bridgehead atoms. The van der Waals surface area contributed by atoms with Crippen molar-refractivity contribution in [1.29, 1.82) is 0 Å².